The number of anilines is 1. The molecule has 150 valence electrons. The van der Waals surface area contributed by atoms with Gasteiger partial charge in [0.25, 0.3) is 0 Å². The van der Waals surface area contributed by atoms with Gasteiger partial charge < -0.3 is 15.0 Å². The van der Waals surface area contributed by atoms with E-state index in [-0.39, 0.29) is 11.9 Å². The Labute approximate surface area is 179 Å². The minimum absolute atomic E-state index is 0.252. The van der Waals surface area contributed by atoms with Crippen LogP contribution < -0.4 is 10.2 Å². The molecule has 1 heterocycles. The fourth-order valence-electron chi connectivity index (χ4n) is 3.71. The van der Waals surface area contributed by atoms with Crippen molar-refractivity contribution in [3.8, 4) is 6.07 Å². The highest BCUT2D eigenvalue weighted by atomic mass is 35.5. The number of carbonyl (C=O) groups is 2. The minimum atomic E-state index is -1.07. The van der Waals surface area contributed by atoms with Gasteiger partial charge in [0.2, 0.25) is 0 Å². The van der Waals surface area contributed by atoms with Gasteiger partial charge in [-0.25, -0.2) is 4.79 Å². The summed E-state index contributed by atoms with van der Waals surface area (Å²) >= 11 is 12.1. The molecule has 0 radical (unpaired) electrons. The van der Waals surface area contributed by atoms with Crippen LogP contribution in [0.1, 0.15) is 17.0 Å². The molecule has 1 N–H and O–H groups in total. The summed E-state index contributed by atoms with van der Waals surface area (Å²) in [6.07, 6.45) is 0.826. The summed E-state index contributed by atoms with van der Waals surface area (Å²) in [7, 11) is 3.22. The first-order chi connectivity index (χ1) is 13.8. The van der Waals surface area contributed by atoms with E-state index in [0.29, 0.717) is 34.4 Å². The highest BCUT2D eigenvalue weighted by Gasteiger charge is 2.49. The molecule has 1 saturated heterocycles. The number of nitrogens with one attached hydrogen (secondary N) is 1. The Kier molecular flexibility index (Phi) is 6.13. The van der Waals surface area contributed by atoms with Crippen molar-refractivity contribution in [2.45, 2.75) is 11.5 Å². The topological polar surface area (TPSA) is 76.4 Å². The molecule has 0 unspecified atom stereocenters. The molecule has 0 spiro atoms. The van der Waals surface area contributed by atoms with Gasteiger partial charge in [0.05, 0.1) is 11.6 Å². The van der Waals surface area contributed by atoms with Gasteiger partial charge in [0.1, 0.15) is 11.8 Å². The van der Waals surface area contributed by atoms with E-state index < -0.39 is 5.54 Å². The zero-order valence-electron chi connectivity index (χ0n) is 16.0. The van der Waals surface area contributed by atoms with E-state index in [1.165, 1.54) is 9.80 Å². The third-order valence-corrected chi connectivity index (χ3v) is 5.88. The SMILES string of the molecule is CN(C(=O)N(C)[C@@]1(C=O)CNC[C@@H]1c1ccc(C#N)cc1)c1cc(Cl)cc(Cl)c1. The zero-order valence-corrected chi connectivity index (χ0v) is 17.5. The van der Waals surface area contributed by atoms with Gasteiger partial charge in [-0.1, -0.05) is 35.3 Å². The van der Waals surface area contributed by atoms with Crippen LogP contribution in [0.2, 0.25) is 10.0 Å². The molecule has 0 aliphatic carbocycles. The van der Waals surface area contributed by atoms with Crippen molar-refractivity contribution in [1.82, 2.24) is 10.2 Å². The Balaban J connectivity index is 1.92. The Morgan fingerprint density at radius 1 is 1.21 bits per heavy atom. The quantitative estimate of drug-likeness (QED) is 0.750. The van der Waals surface area contributed by atoms with Crippen LogP contribution in [-0.4, -0.2) is 49.9 Å². The van der Waals surface area contributed by atoms with Gasteiger partial charge in [-0.15, -0.1) is 0 Å². The number of hydrogen-bond acceptors (Lipinski definition) is 4. The fraction of sp³-hybridized carbons (Fsp3) is 0.286. The normalized spacial score (nSPS) is 20.7. The number of halogens is 2. The van der Waals surface area contributed by atoms with Gasteiger partial charge in [0, 0.05) is 48.8 Å². The van der Waals surface area contributed by atoms with Crippen LogP contribution in [0.5, 0.6) is 0 Å². The molecule has 0 aromatic heterocycles. The Morgan fingerprint density at radius 3 is 2.38 bits per heavy atom. The van der Waals surface area contributed by atoms with Crippen LogP contribution >= 0.6 is 23.2 Å². The minimum Gasteiger partial charge on any atom is -0.313 e. The van der Waals surface area contributed by atoms with Crippen LogP contribution in [-0.2, 0) is 4.79 Å². The number of likely N-dealkylation sites (N-methyl/N-ethyl adjacent to an activating group) is 1. The lowest BCUT2D eigenvalue weighted by atomic mass is 9.81. The zero-order chi connectivity index (χ0) is 21.2. The van der Waals surface area contributed by atoms with Crippen molar-refractivity contribution in [1.29, 1.82) is 5.26 Å². The molecule has 6 nitrogen and oxygen atoms in total. The predicted molar refractivity (Wildman–Crippen MR) is 114 cm³/mol. The van der Waals surface area contributed by atoms with E-state index >= 15 is 0 Å². The van der Waals surface area contributed by atoms with Crippen LogP contribution in [0, 0.1) is 11.3 Å². The number of benzene rings is 2. The summed E-state index contributed by atoms with van der Waals surface area (Å²) in [6.45, 7) is 0.864. The number of nitriles is 1. The summed E-state index contributed by atoms with van der Waals surface area (Å²) in [5.41, 5.74) is 0.885. The van der Waals surface area contributed by atoms with Gasteiger partial charge in [-0.05, 0) is 35.9 Å². The first kappa shape index (κ1) is 21.1. The fourth-order valence-corrected chi connectivity index (χ4v) is 4.23. The number of nitrogens with zero attached hydrogens (tertiary/aromatic N) is 3. The number of amides is 2. The standard InChI is InChI=1S/C21H20Cl2N4O2/c1-26(18-8-16(22)7-17(23)9-18)20(29)27(2)21(13-28)12-25-11-19(21)15-5-3-14(10-24)4-6-15/h3-9,13,19,25H,11-12H2,1-2H3/t19-,21-/m1/s1. The molecular formula is C21H20Cl2N4O2. The van der Waals surface area contributed by atoms with E-state index in [0.717, 1.165) is 11.8 Å². The molecule has 0 saturated carbocycles. The lowest BCUT2D eigenvalue weighted by molar-refractivity contribution is -0.116. The summed E-state index contributed by atoms with van der Waals surface area (Å²) in [4.78, 5) is 28.4. The highest BCUT2D eigenvalue weighted by Crippen LogP contribution is 2.36. The maximum absolute atomic E-state index is 13.2. The van der Waals surface area contributed by atoms with E-state index in [2.05, 4.69) is 11.4 Å². The molecule has 3 rings (SSSR count). The number of hydrogen-bond donors (Lipinski definition) is 1. The van der Waals surface area contributed by atoms with Gasteiger partial charge >= 0.3 is 6.03 Å². The van der Waals surface area contributed by atoms with Crippen molar-refractivity contribution >= 4 is 41.2 Å². The van der Waals surface area contributed by atoms with Gasteiger partial charge in [-0.3, -0.25) is 4.90 Å². The van der Waals surface area contributed by atoms with Crippen molar-refractivity contribution in [3.63, 3.8) is 0 Å². The van der Waals surface area contributed by atoms with E-state index in [1.807, 2.05) is 12.1 Å². The number of rotatable bonds is 4. The van der Waals surface area contributed by atoms with Gasteiger partial charge in [0.15, 0.2) is 0 Å². The molecule has 1 aliphatic rings. The van der Waals surface area contributed by atoms with Crippen molar-refractivity contribution in [3.05, 3.63) is 63.6 Å². The average molecular weight is 431 g/mol. The summed E-state index contributed by atoms with van der Waals surface area (Å²) in [6, 6.07) is 13.7. The second-order valence-corrected chi connectivity index (χ2v) is 7.93. The second kappa shape index (κ2) is 8.42. The summed E-state index contributed by atoms with van der Waals surface area (Å²) in [5, 5.41) is 13.1. The van der Waals surface area contributed by atoms with E-state index in [9.17, 15) is 9.59 Å². The molecule has 2 aromatic carbocycles. The maximum atomic E-state index is 13.2. The third kappa shape index (κ3) is 3.95. The average Bonchev–Trinajstić information content (AvgIpc) is 3.16. The molecule has 2 atom stereocenters. The summed E-state index contributed by atoms with van der Waals surface area (Å²) < 4.78 is 0. The second-order valence-electron chi connectivity index (χ2n) is 7.05. The number of aldehydes is 1. The number of carbonyl (C=O) groups excluding carboxylic acids is 2. The monoisotopic (exact) mass is 430 g/mol. The van der Waals surface area contributed by atoms with Crippen LogP contribution in [0.25, 0.3) is 0 Å². The first-order valence-corrected chi connectivity index (χ1v) is 9.72. The van der Waals surface area contributed by atoms with Crippen LogP contribution in [0.15, 0.2) is 42.5 Å². The summed E-state index contributed by atoms with van der Waals surface area (Å²) in [5.74, 6) is -0.252. The van der Waals surface area contributed by atoms with Crippen molar-refractivity contribution < 1.29 is 9.59 Å². The largest absolute Gasteiger partial charge is 0.324 e. The molecule has 1 aliphatic heterocycles. The van der Waals surface area contributed by atoms with E-state index in [1.54, 1.807) is 44.4 Å². The van der Waals surface area contributed by atoms with Gasteiger partial charge in [-0.2, -0.15) is 5.26 Å². The first-order valence-electron chi connectivity index (χ1n) is 8.97. The lowest BCUT2D eigenvalue weighted by Crippen LogP contribution is -2.58. The molecule has 29 heavy (non-hydrogen) atoms. The van der Waals surface area contributed by atoms with E-state index in [4.69, 9.17) is 28.5 Å². The smallest absolute Gasteiger partial charge is 0.313 e. The molecule has 2 aromatic rings. The van der Waals surface area contributed by atoms with Crippen LogP contribution in [0.4, 0.5) is 10.5 Å². The molecule has 2 amide bonds. The Bertz CT molecular complexity index is 953. The molecule has 1 fully saturated rings. The molecule has 8 heteroatoms. The van der Waals surface area contributed by atoms with Crippen molar-refractivity contribution in [2.24, 2.45) is 0 Å². The maximum Gasteiger partial charge on any atom is 0.324 e. The van der Waals surface area contributed by atoms with Crippen molar-refractivity contribution in [2.75, 3.05) is 32.1 Å². The van der Waals surface area contributed by atoms with Crippen LogP contribution in [0.3, 0.4) is 0 Å². The number of urea groups is 1. The molecule has 0 bridgehead atoms. The Morgan fingerprint density at radius 2 is 1.83 bits per heavy atom. The Hall–Kier alpha value is -2.59. The third-order valence-electron chi connectivity index (χ3n) is 5.44. The lowest BCUT2D eigenvalue weighted by Gasteiger charge is -2.40. The molecular weight excluding hydrogens is 411 g/mol. The highest BCUT2D eigenvalue weighted by molar-refractivity contribution is 6.35. The predicted octanol–water partition coefficient (Wildman–Crippen LogP) is 3.68.